The Balaban J connectivity index is 1.72. The molecule has 6 nitrogen and oxygen atoms in total. The van der Waals surface area contributed by atoms with Gasteiger partial charge in [0.05, 0.1) is 0 Å². The zero-order valence-corrected chi connectivity index (χ0v) is 22.6. The van der Waals surface area contributed by atoms with Crippen molar-refractivity contribution >= 4 is 17.9 Å². The summed E-state index contributed by atoms with van der Waals surface area (Å²) >= 11 is 0. The van der Waals surface area contributed by atoms with Crippen molar-refractivity contribution in [3.05, 3.63) is 108 Å². The number of ether oxygens (including phenoxy) is 3. The van der Waals surface area contributed by atoms with Gasteiger partial charge >= 0.3 is 17.9 Å². The Morgan fingerprint density at radius 3 is 2.05 bits per heavy atom. The lowest BCUT2D eigenvalue weighted by atomic mass is 9.94. The Morgan fingerprint density at radius 2 is 1.40 bits per heavy atom. The number of halogens is 1. The van der Waals surface area contributed by atoms with E-state index in [4.69, 9.17) is 14.2 Å². The molecule has 0 aromatic heterocycles. The Morgan fingerprint density at radius 1 is 0.775 bits per heavy atom. The van der Waals surface area contributed by atoms with Crippen molar-refractivity contribution in [2.75, 3.05) is 0 Å². The summed E-state index contributed by atoms with van der Waals surface area (Å²) in [5.41, 5.74) is 4.30. The average molecular weight is 541 g/mol. The fraction of sp³-hybridized carbons (Fsp3) is 0.182. The highest BCUT2D eigenvalue weighted by Crippen LogP contribution is 2.45. The Bertz CT molecular complexity index is 1580. The van der Waals surface area contributed by atoms with Gasteiger partial charge in [-0.3, -0.25) is 0 Å². The van der Waals surface area contributed by atoms with E-state index in [9.17, 15) is 14.4 Å². The predicted molar refractivity (Wildman–Crippen MR) is 150 cm³/mol. The molecule has 1 unspecified atom stereocenters. The fourth-order valence-corrected chi connectivity index (χ4v) is 4.42. The van der Waals surface area contributed by atoms with Crippen LogP contribution < -0.4 is 9.47 Å². The standard InChI is InChI=1S/C33H29FO6/c1-18(2)31(35)38-23-9-7-8-21(16-23)25-11-10-22(17-27(25)34)24-12-14-28(39-32(36)19(3)4)30-26(24)13-15-29(30)40-33(37)20(5)6/h7-12,14,16-17,29H,1,3,5,13,15H2,2,4,6H3. The number of hydrogen-bond donors (Lipinski definition) is 0. The second kappa shape index (κ2) is 11.5. The van der Waals surface area contributed by atoms with E-state index in [2.05, 4.69) is 19.7 Å². The van der Waals surface area contributed by atoms with Crippen molar-refractivity contribution < 1.29 is 33.0 Å². The van der Waals surface area contributed by atoms with E-state index in [1.807, 2.05) is 0 Å². The topological polar surface area (TPSA) is 78.9 Å². The van der Waals surface area contributed by atoms with Crippen molar-refractivity contribution in [1.82, 2.24) is 0 Å². The first-order chi connectivity index (χ1) is 19.0. The Labute approximate surface area is 232 Å². The van der Waals surface area contributed by atoms with Crippen LogP contribution in [-0.2, 0) is 25.5 Å². The van der Waals surface area contributed by atoms with Crippen LogP contribution in [0.4, 0.5) is 4.39 Å². The van der Waals surface area contributed by atoms with Crippen molar-refractivity contribution in [2.24, 2.45) is 0 Å². The van der Waals surface area contributed by atoms with Crippen LogP contribution in [0.1, 0.15) is 44.4 Å². The van der Waals surface area contributed by atoms with Gasteiger partial charge in [-0.1, -0.05) is 50.1 Å². The van der Waals surface area contributed by atoms with Gasteiger partial charge in [-0.2, -0.15) is 0 Å². The molecule has 40 heavy (non-hydrogen) atoms. The number of rotatable bonds is 8. The molecule has 1 aliphatic carbocycles. The van der Waals surface area contributed by atoms with Gasteiger partial charge in [0.2, 0.25) is 0 Å². The van der Waals surface area contributed by atoms with E-state index >= 15 is 4.39 Å². The van der Waals surface area contributed by atoms with Crippen LogP contribution >= 0.6 is 0 Å². The third-order valence-corrected chi connectivity index (χ3v) is 6.43. The molecule has 4 rings (SSSR count). The van der Waals surface area contributed by atoms with Crippen molar-refractivity contribution in [1.29, 1.82) is 0 Å². The zero-order chi connectivity index (χ0) is 29.1. The number of carbonyl (C=O) groups is 3. The van der Waals surface area contributed by atoms with Crippen LogP contribution in [0.3, 0.4) is 0 Å². The third-order valence-electron chi connectivity index (χ3n) is 6.43. The highest BCUT2D eigenvalue weighted by atomic mass is 19.1. The second-order valence-electron chi connectivity index (χ2n) is 9.78. The molecule has 0 spiro atoms. The van der Waals surface area contributed by atoms with E-state index in [1.54, 1.807) is 69.3 Å². The number of benzene rings is 3. The summed E-state index contributed by atoms with van der Waals surface area (Å²) < 4.78 is 32.0. The number of hydrogen-bond acceptors (Lipinski definition) is 6. The first-order valence-corrected chi connectivity index (χ1v) is 12.6. The van der Waals surface area contributed by atoms with Gasteiger partial charge < -0.3 is 14.2 Å². The van der Waals surface area contributed by atoms with Gasteiger partial charge in [0.25, 0.3) is 0 Å². The molecule has 0 heterocycles. The lowest BCUT2D eigenvalue weighted by molar-refractivity contribution is -0.144. The number of fused-ring (bicyclic) bond motifs is 1. The monoisotopic (exact) mass is 540 g/mol. The van der Waals surface area contributed by atoms with Crippen molar-refractivity contribution in [3.8, 4) is 33.8 Å². The molecule has 204 valence electrons. The van der Waals surface area contributed by atoms with Crippen LogP contribution in [0.15, 0.2) is 91.1 Å². The van der Waals surface area contributed by atoms with Gasteiger partial charge in [-0.25, -0.2) is 18.8 Å². The first-order valence-electron chi connectivity index (χ1n) is 12.6. The van der Waals surface area contributed by atoms with Crippen LogP contribution in [-0.4, -0.2) is 17.9 Å². The van der Waals surface area contributed by atoms with Crippen molar-refractivity contribution in [3.63, 3.8) is 0 Å². The fourth-order valence-electron chi connectivity index (χ4n) is 4.42. The summed E-state index contributed by atoms with van der Waals surface area (Å²) in [4.78, 5) is 36.5. The normalized spacial score (nSPS) is 13.7. The quantitative estimate of drug-likeness (QED) is 0.170. The minimum absolute atomic E-state index is 0.224. The average Bonchev–Trinajstić information content (AvgIpc) is 3.32. The minimum atomic E-state index is -0.652. The van der Waals surface area contributed by atoms with Gasteiger partial charge in [-0.05, 0) is 80.1 Å². The molecule has 7 heteroatoms. The molecular formula is C33H29FO6. The van der Waals surface area contributed by atoms with Crippen LogP contribution in [0.2, 0.25) is 0 Å². The maximum absolute atomic E-state index is 15.5. The molecule has 0 bridgehead atoms. The SMILES string of the molecule is C=C(C)C(=O)Oc1cccc(-c2ccc(-c3ccc(OC(=O)C(=C)C)c4c3CCC4OC(=O)C(=C)C)cc2F)c1. The summed E-state index contributed by atoms with van der Waals surface area (Å²) in [6.45, 7) is 15.5. The maximum Gasteiger partial charge on any atom is 0.338 e. The highest BCUT2D eigenvalue weighted by Gasteiger charge is 2.33. The van der Waals surface area contributed by atoms with Crippen LogP contribution in [0, 0.1) is 5.82 Å². The van der Waals surface area contributed by atoms with Gasteiger partial charge in [0.15, 0.2) is 0 Å². The summed E-state index contributed by atoms with van der Waals surface area (Å²) in [6.07, 6.45) is 0.344. The Hall–Kier alpha value is -4.78. The van der Waals surface area contributed by atoms with Gasteiger partial charge in [0, 0.05) is 27.8 Å². The Kier molecular flexibility index (Phi) is 8.14. The number of esters is 3. The molecule has 0 amide bonds. The molecule has 0 fully saturated rings. The molecule has 0 N–H and O–H groups in total. The second-order valence-corrected chi connectivity index (χ2v) is 9.78. The van der Waals surface area contributed by atoms with Gasteiger partial charge in [0.1, 0.15) is 23.4 Å². The molecule has 3 aromatic carbocycles. The van der Waals surface area contributed by atoms with E-state index in [1.165, 1.54) is 6.07 Å². The van der Waals surface area contributed by atoms with Gasteiger partial charge in [-0.15, -0.1) is 0 Å². The van der Waals surface area contributed by atoms with E-state index in [0.717, 1.165) is 11.1 Å². The summed E-state index contributed by atoms with van der Waals surface area (Å²) in [5, 5.41) is 0. The summed E-state index contributed by atoms with van der Waals surface area (Å²) in [6, 6.07) is 14.8. The number of carbonyl (C=O) groups excluding carboxylic acids is 3. The minimum Gasteiger partial charge on any atom is -0.454 e. The smallest absolute Gasteiger partial charge is 0.338 e. The lowest BCUT2D eigenvalue weighted by Crippen LogP contribution is -2.14. The maximum atomic E-state index is 15.5. The molecule has 0 saturated heterocycles. The van der Waals surface area contributed by atoms with E-state index in [-0.39, 0.29) is 28.2 Å². The molecule has 0 saturated carbocycles. The predicted octanol–water partition coefficient (Wildman–Crippen LogP) is 7.23. The van der Waals surface area contributed by atoms with E-state index < -0.39 is 29.8 Å². The lowest BCUT2D eigenvalue weighted by Gasteiger charge is -2.19. The third kappa shape index (κ3) is 5.94. The molecule has 1 aliphatic rings. The largest absolute Gasteiger partial charge is 0.454 e. The van der Waals surface area contributed by atoms with Crippen molar-refractivity contribution in [2.45, 2.75) is 39.7 Å². The molecule has 0 radical (unpaired) electrons. The molecular weight excluding hydrogens is 511 g/mol. The molecule has 1 atom stereocenters. The molecule has 3 aromatic rings. The van der Waals surface area contributed by atoms with Crippen LogP contribution in [0.25, 0.3) is 22.3 Å². The van der Waals surface area contributed by atoms with Crippen LogP contribution in [0.5, 0.6) is 11.5 Å². The highest BCUT2D eigenvalue weighted by molar-refractivity contribution is 5.90. The zero-order valence-electron chi connectivity index (χ0n) is 22.6. The molecule has 0 aliphatic heterocycles. The summed E-state index contributed by atoms with van der Waals surface area (Å²) in [7, 11) is 0. The summed E-state index contributed by atoms with van der Waals surface area (Å²) in [5.74, 6) is -1.64. The van der Waals surface area contributed by atoms with E-state index in [0.29, 0.717) is 35.1 Å². The first kappa shape index (κ1) is 28.2.